The van der Waals surface area contributed by atoms with Gasteiger partial charge in [-0.15, -0.1) is 23.2 Å². The molecule has 12 N–H and O–H groups in total. The Kier molecular flexibility index (Phi) is 17.9. The highest BCUT2D eigenvalue weighted by atomic mass is 35.5. The number of halogens is 3. The minimum absolute atomic E-state index is 0.0609. The Morgan fingerprint density at radius 2 is 1.66 bits per heavy atom. The standard InChI is InChI=1S/C31H45Cl3N6O13/c1-11(2)23-21(28(47)38-16(10-32)26(45)37-15(30(49)50)8-13-19(53-23)9-18(42)22(13)43)40-27(46)20(17(41)5-4-6-35)39-25(44)14(7-12(3)24(33)34)36-29(48)31(51)52/h10-12,14-15,17-18,20-21,23-24,31,41-42,51-52H,4-9,35H2,1-3H3,(H,36,48)(H,37,45)(H,38,47)(H,39,44)(H,40,46)(H,49,50)/b16-10-/t12?,14-,15-,17?,18?,20-,21-,23?/m0/s1. The van der Waals surface area contributed by atoms with E-state index in [0.29, 0.717) is 5.54 Å². The van der Waals surface area contributed by atoms with E-state index in [9.17, 15) is 59.1 Å². The topological polar surface area (TPSA) is 316 Å². The summed E-state index contributed by atoms with van der Waals surface area (Å²) in [5.41, 5.74) is 5.26. The summed E-state index contributed by atoms with van der Waals surface area (Å²) in [4.78, 5) is 90.5. The predicted molar refractivity (Wildman–Crippen MR) is 186 cm³/mol. The number of alkyl halides is 2. The maximum absolute atomic E-state index is 14.0. The summed E-state index contributed by atoms with van der Waals surface area (Å²) in [5.74, 6) is -10.0. The van der Waals surface area contributed by atoms with Crippen LogP contribution in [0.3, 0.4) is 0 Å². The van der Waals surface area contributed by atoms with Crippen LogP contribution in [0.5, 0.6) is 0 Å². The number of amides is 5. The Balaban J connectivity index is 2.64. The fourth-order valence-electron chi connectivity index (χ4n) is 5.38. The van der Waals surface area contributed by atoms with E-state index >= 15 is 0 Å². The molecule has 1 heterocycles. The van der Waals surface area contributed by atoms with Gasteiger partial charge in [0.25, 0.3) is 17.7 Å². The number of ether oxygens (including phenoxy) is 1. The van der Waals surface area contributed by atoms with Gasteiger partial charge in [0, 0.05) is 23.9 Å². The number of rotatable bonds is 15. The van der Waals surface area contributed by atoms with Crippen molar-refractivity contribution in [1.29, 1.82) is 0 Å². The summed E-state index contributed by atoms with van der Waals surface area (Å²) < 4.78 is 6.09. The van der Waals surface area contributed by atoms with E-state index in [0.717, 1.165) is 0 Å². The first-order chi connectivity index (χ1) is 24.7. The molecule has 19 nitrogen and oxygen atoms in total. The van der Waals surface area contributed by atoms with Crippen molar-refractivity contribution in [3.8, 4) is 0 Å². The quantitative estimate of drug-likeness (QED) is 0.0462. The summed E-state index contributed by atoms with van der Waals surface area (Å²) in [5, 5.41) is 61.0. The van der Waals surface area contributed by atoms with Crippen molar-refractivity contribution < 1.29 is 63.8 Å². The summed E-state index contributed by atoms with van der Waals surface area (Å²) >= 11 is 17.7. The van der Waals surface area contributed by atoms with E-state index in [2.05, 4.69) is 26.6 Å². The normalized spacial score (nSPS) is 24.3. The molecule has 0 spiro atoms. The van der Waals surface area contributed by atoms with Crippen LogP contribution in [0, 0.1) is 11.8 Å². The largest absolute Gasteiger partial charge is 0.491 e. The van der Waals surface area contributed by atoms with Gasteiger partial charge in [-0.2, -0.15) is 0 Å². The molecule has 53 heavy (non-hydrogen) atoms. The first kappa shape index (κ1) is 45.6. The van der Waals surface area contributed by atoms with Crippen molar-refractivity contribution in [2.24, 2.45) is 17.6 Å². The van der Waals surface area contributed by atoms with Gasteiger partial charge in [0.15, 0.2) is 5.78 Å². The second kappa shape index (κ2) is 20.8. The average molecular weight is 816 g/mol. The summed E-state index contributed by atoms with van der Waals surface area (Å²) in [6, 6.07) is -6.97. The zero-order chi connectivity index (χ0) is 40.3. The van der Waals surface area contributed by atoms with Crippen LogP contribution < -0.4 is 32.3 Å². The molecule has 1 aliphatic heterocycles. The van der Waals surface area contributed by atoms with Crippen molar-refractivity contribution >= 4 is 76.1 Å². The highest BCUT2D eigenvalue weighted by Gasteiger charge is 2.43. The number of carbonyl (C=O) groups excluding carboxylic acids is 6. The first-order valence-electron chi connectivity index (χ1n) is 16.4. The molecule has 22 heteroatoms. The number of carboxylic acids is 1. The lowest BCUT2D eigenvalue weighted by atomic mass is 9.96. The summed E-state index contributed by atoms with van der Waals surface area (Å²) in [6.45, 7) is 4.69. The predicted octanol–water partition coefficient (Wildman–Crippen LogP) is -2.52. The van der Waals surface area contributed by atoms with Crippen LogP contribution in [-0.2, 0) is 38.3 Å². The second-order valence-electron chi connectivity index (χ2n) is 12.8. The van der Waals surface area contributed by atoms with E-state index < -0.39 is 125 Å². The number of nitrogens with one attached hydrogen (secondary N) is 5. The van der Waals surface area contributed by atoms with Crippen LogP contribution in [0.25, 0.3) is 0 Å². The van der Waals surface area contributed by atoms with Crippen LogP contribution >= 0.6 is 34.8 Å². The molecule has 0 bridgehead atoms. The smallest absolute Gasteiger partial charge is 0.326 e. The molecular weight excluding hydrogens is 771 g/mol. The molecule has 2 aliphatic rings. The van der Waals surface area contributed by atoms with Crippen molar-refractivity contribution in [1.82, 2.24) is 26.6 Å². The Hall–Kier alpha value is -3.56. The van der Waals surface area contributed by atoms with Gasteiger partial charge >= 0.3 is 5.97 Å². The van der Waals surface area contributed by atoms with Gasteiger partial charge in [0.2, 0.25) is 18.1 Å². The van der Waals surface area contributed by atoms with Crippen molar-refractivity contribution in [2.75, 3.05) is 6.54 Å². The minimum Gasteiger partial charge on any atom is -0.491 e. The van der Waals surface area contributed by atoms with Gasteiger partial charge in [0.05, 0.1) is 6.10 Å². The van der Waals surface area contributed by atoms with Gasteiger partial charge in [0.1, 0.15) is 52.7 Å². The molecule has 2 rings (SSSR count). The highest BCUT2D eigenvalue weighted by Crippen LogP contribution is 2.31. The van der Waals surface area contributed by atoms with Gasteiger partial charge < -0.3 is 62.6 Å². The van der Waals surface area contributed by atoms with E-state index in [1.165, 1.54) is 6.92 Å². The molecule has 5 amide bonds. The third-order valence-corrected chi connectivity index (χ3v) is 9.44. The van der Waals surface area contributed by atoms with Crippen LogP contribution in [0.15, 0.2) is 22.6 Å². The highest BCUT2D eigenvalue weighted by molar-refractivity contribution is 6.44. The van der Waals surface area contributed by atoms with Crippen molar-refractivity contribution in [2.45, 2.75) is 106 Å². The number of aliphatic carboxylic acids is 1. The Morgan fingerprint density at radius 1 is 1.02 bits per heavy atom. The first-order valence-corrected chi connectivity index (χ1v) is 17.7. The maximum Gasteiger partial charge on any atom is 0.326 e. The van der Waals surface area contributed by atoms with Crippen LogP contribution in [-0.4, -0.2) is 127 Å². The summed E-state index contributed by atoms with van der Waals surface area (Å²) in [7, 11) is 0. The summed E-state index contributed by atoms with van der Waals surface area (Å²) in [6.07, 6.45) is -8.59. The number of hydrogen-bond acceptors (Lipinski definition) is 13. The molecule has 0 aromatic rings. The molecule has 298 valence electrons. The number of aliphatic hydroxyl groups is 4. The molecule has 0 radical (unpaired) electrons. The molecule has 0 saturated heterocycles. The average Bonchev–Trinajstić information content (AvgIpc) is 3.34. The van der Waals surface area contributed by atoms with Crippen molar-refractivity contribution in [3.63, 3.8) is 0 Å². The van der Waals surface area contributed by atoms with Gasteiger partial charge in [-0.1, -0.05) is 32.4 Å². The van der Waals surface area contributed by atoms with Gasteiger partial charge in [-0.3, -0.25) is 28.8 Å². The maximum atomic E-state index is 14.0. The minimum atomic E-state index is -2.53. The molecule has 0 fully saturated rings. The molecule has 0 aromatic carbocycles. The Morgan fingerprint density at radius 3 is 2.19 bits per heavy atom. The number of hydrogen-bond donors (Lipinski definition) is 11. The van der Waals surface area contributed by atoms with Crippen LogP contribution in [0.1, 0.15) is 52.9 Å². The zero-order valence-electron chi connectivity index (χ0n) is 28.9. The van der Waals surface area contributed by atoms with Gasteiger partial charge in [-0.25, -0.2) is 4.79 Å². The molecule has 0 aromatic heterocycles. The van der Waals surface area contributed by atoms with E-state index in [1.54, 1.807) is 13.8 Å². The molecule has 1 aliphatic carbocycles. The lowest BCUT2D eigenvalue weighted by Gasteiger charge is -2.34. The molecule has 0 saturated carbocycles. The number of carboxylic acid groups (broad SMARTS) is 1. The number of nitrogens with two attached hydrogens (primary N) is 1. The van der Waals surface area contributed by atoms with E-state index in [1.807, 2.05) is 0 Å². The zero-order valence-corrected chi connectivity index (χ0v) is 31.2. The Bertz CT molecular complexity index is 1460. The Labute approximate surface area is 319 Å². The SMILES string of the molecule is CC(C)C1OC2=C(C[C@@H](C(=O)O)NC(=O)/C(=C/Cl)NC(=O)[C@H]1NC(=O)[C@@H](NC(=O)[C@H](CC(C)C(Cl)Cl)NC(=O)C(O)O)C(O)CCCN)C(=O)C(O)C2. The monoisotopic (exact) mass is 814 g/mol. The lowest BCUT2D eigenvalue weighted by Crippen LogP contribution is -2.63. The number of carbonyl (C=O) groups is 7. The van der Waals surface area contributed by atoms with E-state index in [4.69, 9.17) is 45.3 Å². The van der Waals surface area contributed by atoms with E-state index in [-0.39, 0.29) is 37.1 Å². The molecule has 4 unspecified atom stereocenters. The fourth-order valence-corrected chi connectivity index (χ4v) is 5.74. The second-order valence-corrected chi connectivity index (χ2v) is 14.2. The molecule has 8 atom stereocenters. The lowest BCUT2D eigenvalue weighted by molar-refractivity contribution is -0.150. The fraction of sp³-hybridized carbons (Fsp3) is 0.645. The third kappa shape index (κ3) is 12.8. The number of Topliss-reactive ketones (excluding diaryl/α,β-unsaturated/α-hetero) is 1. The van der Waals surface area contributed by atoms with Crippen LogP contribution in [0.4, 0.5) is 0 Å². The van der Waals surface area contributed by atoms with Crippen molar-refractivity contribution in [3.05, 3.63) is 22.6 Å². The van der Waals surface area contributed by atoms with Gasteiger partial charge in [-0.05, 0) is 37.6 Å². The third-order valence-electron chi connectivity index (χ3n) is 8.36. The number of aliphatic hydroxyl groups excluding tert-OH is 3. The van der Waals surface area contributed by atoms with Crippen LogP contribution in [0.2, 0.25) is 0 Å². The molecular formula is C31H45Cl3N6O13. The number of ketones is 1.